The quantitative estimate of drug-likeness (QED) is 0.226. The summed E-state index contributed by atoms with van der Waals surface area (Å²) in [6, 6.07) is 23.5. The summed E-state index contributed by atoms with van der Waals surface area (Å²) >= 11 is 0. The second kappa shape index (κ2) is 14.6. The first-order chi connectivity index (χ1) is 19.4. The Hall–Kier alpha value is -3.68. The molecule has 3 aromatic rings. The summed E-state index contributed by atoms with van der Waals surface area (Å²) in [4.78, 5) is 27.7. The van der Waals surface area contributed by atoms with Crippen molar-refractivity contribution in [1.82, 2.24) is 10.6 Å². The van der Waals surface area contributed by atoms with Crippen LogP contribution in [0.4, 0.5) is 11.4 Å². The molecule has 1 heterocycles. The first-order valence-electron chi connectivity index (χ1n) is 14.4. The molecule has 0 aromatic heterocycles. The highest BCUT2D eigenvalue weighted by Crippen LogP contribution is 2.27. The van der Waals surface area contributed by atoms with Crippen LogP contribution in [0.25, 0.3) is 0 Å². The minimum atomic E-state index is -0.778. The molecule has 212 valence electrons. The number of aliphatic hydroxyl groups excluding tert-OH is 1. The molecule has 4 rings (SSSR count). The molecule has 40 heavy (non-hydrogen) atoms. The lowest BCUT2D eigenvalue weighted by atomic mass is 10.00. The Balaban J connectivity index is 1.42. The predicted molar refractivity (Wildman–Crippen MR) is 162 cm³/mol. The highest BCUT2D eigenvalue weighted by molar-refractivity contribution is 6.00. The van der Waals surface area contributed by atoms with Gasteiger partial charge in [-0.1, -0.05) is 60.2 Å². The van der Waals surface area contributed by atoms with Gasteiger partial charge >= 0.3 is 0 Å². The number of aliphatic hydroxyl groups is 1. The molecule has 3 aromatic carbocycles. The smallest absolute Gasteiger partial charge is 0.251 e. The maximum atomic E-state index is 13.5. The molecule has 0 saturated carbocycles. The van der Waals surface area contributed by atoms with Crippen molar-refractivity contribution < 1.29 is 14.7 Å². The van der Waals surface area contributed by atoms with Gasteiger partial charge in [0.15, 0.2) is 0 Å². The average Bonchev–Trinajstić information content (AvgIpc) is 3.39. The third-order valence-corrected chi connectivity index (χ3v) is 7.32. The van der Waals surface area contributed by atoms with Crippen LogP contribution in [0.1, 0.15) is 53.2 Å². The average molecular weight is 543 g/mol. The second-order valence-electron chi connectivity index (χ2n) is 10.6. The topological polar surface area (TPSA) is 93.7 Å². The third-order valence-electron chi connectivity index (χ3n) is 7.32. The van der Waals surface area contributed by atoms with Gasteiger partial charge in [-0.05, 0) is 75.4 Å². The van der Waals surface area contributed by atoms with Gasteiger partial charge in [0, 0.05) is 43.0 Å². The molecule has 4 N–H and O–H groups in total. The SMILES string of the molecule is CCNc1cc(C(=O)N[C@@H](Cc2ccccc2)[C@@H](O)CNCCCc2ccc(C)cc2)cc(N2CCCC2=O)c1. The van der Waals surface area contributed by atoms with Crippen molar-refractivity contribution in [3.8, 4) is 0 Å². The predicted octanol–water partition coefficient (Wildman–Crippen LogP) is 4.48. The van der Waals surface area contributed by atoms with E-state index in [1.54, 1.807) is 17.0 Å². The van der Waals surface area contributed by atoms with Gasteiger partial charge in [0.25, 0.3) is 5.91 Å². The van der Waals surface area contributed by atoms with Gasteiger partial charge in [-0.3, -0.25) is 9.59 Å². The molecule has 0 unspecified atom stereocenters. The normalized spacial score (nSPS) is 14.7. The summed E-state index contributed by atoms with van der Waals surface area (Å²) in [7, 11) is 0. The van der Waals surface area contributed by atoms with Crippen LogP contribution in [-0.2, 0) is 17.6 Å². The maximum absolute atomic E-state index is 13.5. The summed E-state index contributed by atoms with van der Waals surface area (Å²) in [6.45, 7) is 6.58. The number of nitrogens with zero attached hydrogens (tertiary/aromatic N) is 1. The van der Waals surface area contributed by atoms with Gasteiger partial charge in [0.05, 0.1) is 12.1 Å². The third kappa shape index (κ3) is 8.41. The number of rotatable bonds is 14. The van der Waals surface area contributed by atoms with E-state index in [0.29, 0.717) is 38.0 Å². The maximum Gasteiger partial charge on any atom is 0.251 e. The van der Waals surface area contributed by atoms with E-state index in [-0.39, 0.29) is 11.8 Å². The summed E-state index contributed by atoms with van der Waals surface area (Å²) in [5, 5.41) is 20.9. The molecule has 0 spiro atoms. The molecule has 2 atom stereocenters. The van der Waals surface area contributed by atoms with Crippen LogP contribution >= 0.6 is 0 Å². The molecular weight excluding hydrogens is 500 g/mol. The molecule has 0 aliphatic carbocycles. The minimum Gasteiger partial charge on any atom is -0.390 e. The first kappa shape index (κ1) is 29.3. The monoisotopic (exact) mass is 542 g/mol. The number of nitrogens with one attached hydrogen (secondary N) is 3. The van der Waals surface area contributed by atoms with Crippen LogP contribution in [0.2, 0.25) is 0 Å². The van der Waals surface area contributed by atoms with Crippen LogP contribution in [0.5, 0.6) is 0 Å². The highest BCUT2D eigenvalue weighted by Gasteiger charge is 2.25. The van der Waals surface area contributed by atoms with Gasteiger partial charge in [0.2, 0.25) is 5.91 Å². The van der Waals surface area contributed by atoms with Gasteiger partial charge < -0.3 is 26.0 Å². The fourth-order valence-electron chi connectivity index (χ4n) is 5.09. The molecule has 1 fully saturated rings. The zero-order valence-electron chi connectivity index (χ0n) is 23.7. The number of anilines is 2. The van der Waals surface area contributed by atoms with E-state index in [1.165, 1.54) is 11.1 Å². The molecule has 0 radical (unpaired) electrons. The Morgan fingerprint density at radius 3 is 2.50 bits per heavy atom. The number of hydrogen-bond acceptors (Lipinski definition) is 5. The number of hydrogen-bond donors (Lipinski definition) is 4. The molecule has 1 saturated heterocycles. The zero-order chi connectivity index (χ0) is 28.3. The highest BCUT2D eigenvalue weighted by atomic mass is 16.3. The summed E-state index contributed by atoms with van der Waals surface area (Å²) in [6.07, 6.45) is 2.99. The molecule has 2 amide bonds. The van der Waals surface area contributed by atoms with Gasteiger partial charge in [0.1, 0.15) is 0 Å². The summed E-state index contributed by atoms with van der Waals surface area (Å²) in [5.41, 5.74) is 5.57. The van der Waals surface area contributed by atoms with E-state index < -0.39 is 12.1 Å². The van der Waals surface area contributed by atoms with E-state index in [4.69, 9.17) is 0 Å². The molecule has 7 nitrogen and oxygen atoms in total. The van der Waals surface area contributed by atoms with Gasteiger partial charge in [-0.15, -0.1) is 0 Å². The Morgan fingerprint density at radius 1 is 1.02 bits per heavy atom. The van der Waals surface area contributed by atoms with Crippen molar-refractivity contribution in [2.75, 3.05) is 36.4 Å². The lowest BCUT2D eigenvalue weighted by Crippen LogP contribution is -2.49. The Bertz CT molecular complexity index is 1250. The lowest BCUT2D eigenvalue weighted by molar-refractivity contribution is -0.117. The van der Waals surface area contributed by atoms with Crippen molar-refractivity contribution in [1.29, 1.82) is 0 Å². The number of amides is 2. The van der Waals surface area contributed by atoms with E-state index in [0.717, 1.165) is 42.7 Å². The van der Waals surface area contributed by atoms with E-state index >= 15 is 0 Å². The van der Waals surface area contributed by atoms with Crippen LogP contribution < -0.4 is 20.9 Å². The van der Waals surface area contributed by atoms with E-state index in [1.807, 2.05) is 43.3 Å². The van der Waals surface area contributed by atoms with Gasteiger partial charge in [-0.2, -0.15) is 0 Å². The van der Waals surface area contributed by atoms with Crippen molar-refractivity contribution in [2.45, 2.75) is 58.1 Å². The fourth-order valence-corrected chi connectivity index (χ4v) is 5.09. The first-order valence-corrected chi connectivity index (χ1v) is 14.4. The van der Waals surface area contributed by atoms with Crippen molar-refractivity contribution >= 4 is 23.2 Å². The lowest BCUT2D eigenvalue weighted by Gasteiger charge is -2.25. The van der Waals surface area contributed by atoms with Crippen LogP contribution in [0.3, 0.4) is 0 Å². The van der Waals surface area contributed by atoms with Crippen LogP contribution in [-0.4, -0.2) is 55.2 Å². The fraction of sp³-hybridized carbons (Fsp3) is 0.394. The van der Waals surface area contributed by atoms with Crippen molar-refractivity contribution in [3.05, 3.63) is 95.1 Å². The summed E-state index contributed by atoms with van der Waals surface area (Å²) < 4.78 is 0. The van der Waals surface area contributed by atoms with Gasteiger partial charge in [-0.25, -0.2) is 0 Å². The largest absolute Gasteiger partial charge is 0.390 e. The molecular formula is C33H42N4O3. The number of carbonyl (C=O) groups is 2. The number of aryl methyl sites for hydroxylation is 2. The minimum absolute atomic E-state index is 0.0748. The Labute approximate surface area is 238 Å². The standard InChI is InChI=1S/C33H42N4O3/c1-3-35-28-20-27(21-29(22-28)37-18-8-12-32(37)39)33(40)36-30(19-26-9-5-4-6-10-26)31(38)23-34-17-7-11-25-15-13-24(2)14-16-25/h4-6,9-10,13-16,20-22,30-31,34-35,38H,3,7-8,11-12,17-19,23H2,1-2H3,(H,36,40)/t30-,31-/m0/s1. The van der Waals surface area contributed by atoms with Crippen molar-refractivity contribution in [2.24, 2.45) is 0 Å². The Morgan fingerprint density at radius 2 is 1.80 bits per heavy atom. The molecule has 0 bridgehead atoms. The number of carbonyl (C=O) groups excluding carboxylic acids is 2. The second-order valence-corrected chi connectivity index (χ2v) is 10.6. The van der Waals surface area contributed by atoms with Crippen LogP contribution in [0.15, 0.2) is 72.8 Å². The zero-order valence-corrected chi connectivity index (χ0v) is 23.7. The summed E-state index contributed by atoms with van der Waals surface area (Å²) in [5.74, 6) is -0.196. The molecule has 1 aliphatic rings. The number of benzene rings is 3. The van der Waals surface area contributed by atoms with E-state index in [9.17, 15) is 14.7 Å². The Kier molecular flexibility index (Phi) is 10.7. The van der Waals surface area contributed by atoms with E-state index in [2.05, 4.69) is 47.1 Å². The molecule has 1 aliphatic heterocycles. The van der Waals surface area contributed by atoms with Crippen LogP contribution in [0, 0.1) is 6.92 Å². The molecule has 7 heteroatoms. The van der Waals surface area contributed by atoms with Crippen molar-refractivity contribution in [3.63, 3.8) is 0 Å².